The van der Waals surface area contributed by atoms with E-state index in [9.17, 15) is 4.79 Å². The number of hydrogen-bond donors (Lipinski definition) is 1. The lowest BCUT2D eigenvalue weighted by Gasteiger charge is -1.97. The first-order valence-electron chi connectivity index (χ1n) is 5.10. The number of carbonyl (C=O) groups is 1. The number of benzene rings is 1. The van der Waals surface area contributed by atoms with Crippen molar-refractivity contribution in [2.45, 2.75) is 6.42 Å². The second kappa shape index (κ2) is 4.66. The summed E-state index contributed by atoms with van der Waals surface area (Å²) in [7, 11) is 1.37. The Morgan fingerprint density at radius 2 is 2.31 bits per heavy atom. The maximum absolute atomic E-state index is 10.9. The number of aromatic nitrogens is 1. The fraction of sp³-hybridized carbons (Fsp3) is 0.154. The second-order valence-corrected chi connectivity index (χ2v) is 3.53. The fourth-order valence-electron chi connectivity index (χ4n) is 1.58. The van der Waals surface area contributed by atoms with Crippen LogP contribution in [0.2, 0.25) is 0 Å². The molecule has 0 unspecified atom stereocenters. The van der Waals surface area contributed by atoms with E-state index in [4.69, 9.17) is 0 Å². The smallest absolute Gasteiger partial charge is 0.330 e. The highest BCUT2D eigenvalue weighted by Crippen LogP contribution is 2.14. The summed E-state index contributed by atoms with van der Waals surface area (Å²) in [6.07, 6.45) is 5.89. The Morgan fingerprint density at radius 3 is 3.12 bits per heavy atom. The van der Waals surface area contributed by atoms with Crippen LogP contribution in [0.15, 0.2) is 42.6 Å². The molecule has 0 saturated heterocycles. The Balaban J connectivity index is 2.09. The number of nitrogens with one attached hydrogen (secondary N) is 1. The number of ether oxygens (including phenoxy) is 1. The number of hydrogen-bond acceptors (Lipinski definition) is 2. The van der Waals surface area contributed by atoms with Crippen molar-refractivity contribution in [2.24, 2.45) is 0 Å². The van der Waals surface area contributed by atoms with Crippen molar-refractivity contribution in [1.29, 1.82) is 0 Å². The van der Waals surface area contributed by atoms with Gasteiger partial charge in [0.1, 0.15) is 0 Å². The molecule has 0 aliphatic carbocycles. The minimum Gasteiger partial charge on any atom is -0.466 e. The topological polar surface area (TPSA) is 42.1 Å². The third-order valence-corrected chi connectivity index (χ3v) is 2.43. The molecule has 0 radical (unpaired) electrons. The van der Waals surface area contributed by atoms with Crippen LogP contribution in [0.1, 0.15) is 5.56 Å². The molecule has 82 valence electrons. The molecular weight excluding hydrogens is 202 g/mol. The van der Waals surface area contributed by atoms with Gasteiger partial charge in [0.25, 0.3) is 0 Å². The molecule has 1 heterocycles. The number of allylic oxidation sites excluding steroid dienone is 1. The average molecular weight is 215 g/mol. The van der Waals surface area contributed by atoms with Crippen LogP contribution in [-0.2, 0) is 16.0 Å². The van der Waals surface area contributed by atoms with E-state index in [1.54, 1.807) is 6.08 Å². The molecule has 0 bridgehead atoms. The molecule has 1 N–H and O–H groups in total. The van der Waals surface area contributed by atoms with E-state index >= 15 is 0 Å². The standard InChI is InChI=1S/C13H13NO2/c1-16-13(15)4-2-3-10-5-6-11-7-8-14-12(11)9-10/h2,4-9,14H,3H2,1H3/b4-2+. The summed E-state index contributed by atoms with van der Waals surface area (Å²) in [5.74, 6) is -0.319. The summed E-state index contributed by atoms with van der Waals surface area (Å²) in [6.45, 7) is 0. The molecule has 0 spiro atoms. The van der Waals surface area contributed by atoms with Gasteiger partial charge in [-0.3, -0.25) is 0 Å². The first kappa shape index (κ1) is 10.5. The summed E-state index contributed by atoms with van der Waals surface area (Å²) in [5, 5.41) is 1.20. The highest BCUT2D eigenvalue weighted by Gasteiger charge is 1.96. The molecule has 0 fully saturated rings. The maximum Gasteiger partial charge on any atom is 0.330 e. The summed E-state index contributed by atoms with van der Waals surface area (Å²) in [6, 6.07) is 8.23. The molecule has 0 aliphatic rings. The first-order chi connectivity index (χ1) is 7.79. The van der Waals surface area contributed by atoms with Crippen molar-refractivity contribution in [3.63, 3.8) is 0 Å². The molecule has 16 heavy (non-hydrogen) atoms. The fourth-order valence-corrected chi connectivity index (χ4v) is 1.58. The summed E-state index contributed by atoms with van der Waals surface area (Å²) in [4.78, 5) is 14.0. The minimum absolute atomic E-state index is 0.319. The summed E-state index contributed by atoms with van der Waals surface area (Å²) < 4.78 is 4.51. The molecule has 0 amide bonds. The highest BCUT2D eigenvalue weighted by molar-refractivity contribution is 5.82. The predicted molar refractivity (Wildman–Crippen MR) is 63.2 cm³/mol. The van der Waals surface area contributed by atoms with Gasteiger partial charge in [0.2, 0.25) is 0 Å². The van der Waals surface area contributed by atoms with Crippen molar-refractivity contribution in [1.82, 2.24) is 4.98 Å². The van der Waals surface area contributed by atoms with Gasteiger partial charge in [-0.05, 0) is 29.5 Å². The Morgan fingerprint density at radius 1 is 1.44 bits per heavy atom. The molecule has 2 rings (SSSR count). The highest BCUT2D eigenvalue weighted by atomic mass is 16.5. The van der Waals surface area contributed by atoms with Crippen molar-refractivity contribution < 1.29 is 9.53 Å². The second-order valence-electron chi connectivity index (χ2n) is 3.53. The monoisotopic (exact) mass is 215 g/mol. The number of methoxy groups -OCH3 is 1. The zero-order valence-corrected chi connectivity index (χ0v) is 9.07. The van der Waals surface area contributed by atoms with E-state index in [2.05, 4.69) is 27.9 Å². The number of fused-ring (bicyclic) bond motifs is 1. The van der Waals surface area contributed by atoms with Gasteiger partial charge < -0.3 is 9.72 Å². The Labute approximate surface area is 93.7 Å². The van der Waals surface area contributed by atoms with E-state index in [1.165, 1.54) is 18.6 Å². The minimum atomic E-state index is -0.319. The van der Waals surface area contributed by atoms with E-state index in [0.29, 0.717) is 0 Å². The largest absolute Gasteiger partial charge is 0.466 e. The molecule has 3 heteroatoms. The molecule has 0 atom stereocenters. The van der Waals surface area contributed by atoms with E-state index in [1.807, 2.05) is 12.3 Å². The van der Waals surface area contributed by atoms with Gasteiger partial charge in [-0.15, -0.1) is 0 Å². The number of aromatic amines is 1. The van der Waals surface area contributed by atoms with Gasteiger partial charge in [0.15, 0.2) is 0 Å². The van der Waals surface area contributed by atoms with Gasteiger partial charge in [-0.1, -0.05) is 18.2 Å². The number of carbonyl (C=O) groups excluding carboxylic acids is 1. The van der Waals surface area contributed by atoms with Crippen LogP contribution in [0.5, 0.6) is 0 Å². The normalized spacial score (nSPS) is 11.1. The third-order valence-electron chi connectivity index (χ3n) is 2.43. The zero-order valence-electron chi connectivity index (χ0n) is 9.07. The average Bonchev–Trinajstić information content (AvgIpc) is 2.76. The lowest BCUT2D eigenvalue weighted by atomic mass is 10.1. The van der Waals surface area contributed by atoms with Gasteiger partial charge in [-0.25, -0.2) is 4.79 Å². The van der Waals surface area contributed by atoms with Crippen LogP contribution in [0.25, 0.3) is 10.9 Å². The Kier molecular flexibility index (Phi) is 3.05. The van der Waals surface area contributed by atoms with Crippen molar-refractivity contribution in [3.8, 4) is 0 Å². The predicted octanol–water partition coefficient (Wildman–Crippen LogP) is 2.44. The van der Waals surface area contributed by atoms with Crippen LogP contribution in [0.4, 0.5) is 0 Å². The SMILES string of the molecule is COC(=O)/C=C/Cc1ccc2cc[nH]c2c1. The quantitative estimate of drug-likeness (QED) is 0.631. The van der Waals surface area contributed by atoms with Crippen LogP contribution < -0.4 is 0 Å². The van der Waals surface area contributed by atoms with Gasteiger partial charge in [0.05, 0.1) is 7.11 Å². The molecular formula is C13H13NO2. The van der Waals surface area contributed by atoms with Crippen LogP contribution in [-0.4, -0.2) is 18.1 Å². The molecule has 1 aromatic heterocycles. The van der Waals surface area contributed by atoms with Crippen molar-refractivity contribution in [3.05, 3.63) is 48.2 Å². The molecule has 1 aromatic carbocycles. The molecule has 3 nitrogen and oxygen atoms in total. The number of rotatable bonds is 3. The third kappa shape index (κ3) is 2.31. The summed E-state index contributed by atoms with van der Waals surface area (Å²) in [5.41, 5.74) is 2.28. The number of esters is 1. The van der Waals surface area contributed by atoms with Crippen LogP contribution >= 0.6 is 0 Å². The maximum atomic E-state index is 10.9. The Bertz CT molecular complexity index is 525. The number of H-pyrrole nitrogens is 1. The molecule has 0 saturated carbocycles. The zero-order chi connectivity index (χ0) is 11.4. The lowest BCUT2D eigenvalue weighted by Crippen LogP contribution is -1.94. The van der Waals surface area contributed by atoms with Crippen molar-refractivity contribution >= 4 is 16.9 Å². The van der Waals surface area contributed by atoms with Gasteiger partial charge in [0, 0.05) is 17.8 Å². The molecule has 0 aliphatic heterocycles. The van der Waals surface area contributed by atoms with Crippen LogP contribution in [0, 0.1) is 0 Å². The van der Waals surface area contributed by atoms with Gasteiger partial charge >= 0.3 is 5.97 Å². The van der Waals surface area contributed by atoms with E-state index < -0.39 is 0 Å². The lowest BCUT2D eigenvalue weighted by molar-refractivity contribution is -0.134. The van der Waals surface area contributed by atoms with E-state index in [0.717, 1.165) is 17.5 Å². The van der Waals surface area contributed by atoms with Crippen LogP contribution in [0.3, 0.4) is 0 Å². The van der Waals surface area contributed by atoms with Gasteiger partial charge in [-0.2, -0.15) is 0 Å². The van der Waals surface area contributed by atoms with E-state index in [-0.39, 0.29) is 5.97 Å². The first-order valence-corrected chi connectivity index (χ1v) is 5.10. The summed E-state index contributed by atoms with van der Waals surface area (Å²) >= 11 is 0. The Hall–Kier alpha value is -2.03. The molecule has 2 aromatic rings. The van der Waals surface area contributed by atoms with Crippen molar-refractivity contribution in [2.75, 3.05) is 7.11 Å².